The lowest BCUT2D eigenvalue weighted by Crippen LogP contribution is -2.19. The van der Waals surface area contributed by atoms with Crippen LogP contribution in [0.1, 0.15) is 36.5 Å². The van der Waals surface area contributed by atoms with Gasteiger partial charge in [-0.1, -0.05) is 13.0 Å². The van der Waals surface area contributed by atoms with Gasteiger partial charge in [0.15, 0.2) is 5.75 Å². The van der Waals surface area contributed by atoms with Gasteiger partial charge in [0.25, 0.3) is 10.0 Å². The van der Waals surface area contributed by atoms with Crippen molar-refractivity contribution in [2.24, 2.45) is 14.1 Å². The number of fused-ring (bicyclic) bond motifs is 1. The third kappa shape index (κ3) is 8.17. The third-order valence-electron chi connectivity index (χ3n) is 7.01. The van der Waals surface area contributed by atoms with Crippen molar-refractivity contribution in [2.45, 2.75) is 31.1 Å². The van der Waals surface area contributed by atoms with E-state index in [9.17, 15) is 18.0 Å². The molecule has 0 aliphatic rings. The first-order chi connectivity index (χ1) is 21.4. The molecule has 0 aliphatic carbocycles. The molecule has 13 heteroatoms. The Morgan fingerprint density at radius 1 is 0.889 bits per heavy atom. The van der Waals surface area contributed by atoms with Gasteiger partial charge in [-0.2, -0.15) is 0 Å². The number of benzene rings is 3. The van der Waals surface area contributed by atoms with Crippen LogP contribution in [0.2, 0.25) is 0 Å². The zero-order chi connectivity index (χ0) is 32.7. The average molecular weight is 641 g/mol. The summed E-state index contributed by atoms with van der Waals surface area (Å²) in [6, 6.07) is 13.8. The number of carbonyl (C=O) groups excluding carboxylic acids is 1. The van der Waals surface area contributed by atoms with Gasteiger partial charge in [0.1, 0.15) is 17.2 Å². The Kier molecular flexibility index (Phi) is 10.8. The standard InChI is InChI=1S/C32H40N4O8S/c1-7-14-42-23-17-24(43-15-9-8-13-34(2)3)19-25(18-23)44-30-21-29-28(35(4)32(38)36(29)5)20-27(30)33-45(39,40)26-12-10-11-22(16-26)31(37)41-6/h10-12,16-21,33H,7-9,13-15H2,1-6H3. The Labute approximate surface area is 263 Å². The van der Waals surface area contributed by atoms with Crippen molar-refractivity contribution in [3.63, 3.8) is 0 Å². The van der Waals surface area contributed by atoms with Crippen LogP contribution in [-0.2, 0) is 28.9 Å². The minimum Gasteiger partial charge on any atom is -0.493 e. The Morgan fingerprint density at radius 3 is 2.18 bits per heavy atom. The van der Waals surface area contributed by atoms with Crippen LogP contribution >= 0.6 is 0 Å². The second-order valence-corrected chi connectivity index (χ2v) is 12.5. The summed E-state index contributed by atoms with van der Waals surface area (Å²) in [5.41, 5.74) is 0.886. The lowest BCUT2D eigenvalue weighted by atomic mass is 10.2. The van der Waals surface area contributed by atoms with E-state index >= 15 is 0 Å². The quantitative estimate of drug-likeness (QED) is 0.144. The fraction of sp³-hybridized carbons (Fsp3) is 0.375. The van der Waals surface area contributed by atoms with E-state index in [0.717, 1.165) is 25.8 Å². The van der Waals surface area contributed by atoms with E-state index in [1.54, 1.807) is 38.4 Å². The van der Waals surface area contributed by atoms with Gasteiger partial charge in [-0.15, -0.1) is 0 Å². The number of sulfonamides is 1. The maximum atomic E-state index is 13.6. The van der Waals surface area contributed by atoms with Gasteiger partial charge in [0.05, 0.1) is 47.5 Å². The Bertz CT molecular complexity index is 1830. The first kappa shape index (κ1) is 33.4. The topological polar surface area (TPSA) is 130 Å². The molecule has 0 atom stereocenters. The fourth-order valence-corrected chi connectivity index (χ4v) is 5.75. The molecule has 0 fully saturated rings. The zero-order valence-corrected chi connectivity index (χ0v) is 27.3. The van der Waals surface area contributed by atoms with Crippen molar-refractivity contribution in [1.82, 2.24) is 14.0 Å². The number of hydrogen-bond acceptors (Lipinski definition) is 9. The van der Waals surface area contributed by atoms with Gasteiger partial charge in [0, 0.05) is 38.4 Å². The summed E-state index contributed by atoms with van der Waals surface area (Å²) >= 11 is 0. The molecular formula is C32H40N4O8S. The summed E-state index contributed by atoms with van der Waals surface area (Å²) in [5, 5.41) is 0. The average Bonchev–Trinajstić information content (AvgIpc) is 3.22. The van der Waals surface area contributed by atoms with E-state index < -0.39 is 16.0 Å². The summed E-state index contributed by atoms with van der Waals surface area (Å²) in [4.78, 5) is 26.8. The molecule has 0 amide bonds. The maximum absolute atomic E-state index is 13.6. The molecule has 0 saturated heterocycles. The number of methoxy groups -OCH3 is 1. The third-order valence-corrected chi connectivity index (χ3v) is 8.37. The number of rotatable bonds is 15. The van der Waals surface area contributed by atoms with Crippen LogP contribution in [0.3, 0.4) is 0 Å². The van der Waals surface area contributed by atoms with Crippen molar-refractivity contribution in [3.8, 4) is 23.0 Å². The highest BCUT2D eigenvalue weighted by Crippen LogP contribution is 2.38. The number of hydrogen-bond donors (Lipinski definition) is 1. The highest BCUT2D eigenvalue weighted by atomic mass is 32.2. The summed E-state index contributed by atoms with van der Waals surface area (Å²) in [6.07, 6.45) is 2.63. The highest BCUT2D eigenvalue weighted by molar-refractivity contribution is 7.92. The second-order valence-electron chi connectivity index (χ2n) is 10.8. The van der Waals surface area contributed by atoms with Crippen molar-refractivity contribution in [1.29, 1.82) is 0 Å². The van der Waals surface area contributed by atoms with E-state index in [-0.39, 0.29) is 27.6 Å². The molecule has 4 aromatic rings. The van der Waals surface area contributed by atoms with Crippen LogP contribution < -0.4 is 24.6 Å². The van der Waals surface area contributed by atoms with E-state index in [2.05, 4.69) is 9.62 Å². The predicted molar refractivity (Wildman–Crippen MR) is 172 cm³/mol. The van der Waals surface area contributed by atoms with Crippen molar-refractivity contribution in [2.75, 3.05) is 45.7 Å². The van der Waals surface area contributed by atoms with E-state index in [1.807, 2.05) is 21.0 Å². The van der Waals surface area contributed by atoms with Crippen molar-refractivity contribution < 1.29 is 32.2 Å². The number of aryl methyl sites for hydroxylation is 2. The van der Waals surface area contributed by atoms with Crippen LogP contribution in [0.15, 0.2) is 64.3 Å². The van der Waals surface area contributed by atoms with Crippen LogP contribution in [0.5, 0.6) is 23.0 Å². The second kappa shape index (κ2) is 14.5. The number of anilines is 1. The molecular weight excluding hydrogens is 600 g/mol. The number of carbonyl (C=O) groups is 1. The van der Waals surface area contributed by atoms with Crippen LogP contribution in [0.4, 0.5) is 5.69 Å². The molecule has 0 spiro atoms. The lowest BCUT2D eigenvalue weighted by Gasteiger charge is -2.17. The number of esters is 1. The van der Waals surface area contributed by atoms with Gasteiger partial charge >= 0.3 is 11.7 Å². The van der Waals surface area contributed by atoms with Crippen molar-refractivity contribution >= 4 is 32.7 Å². The first-order valence-corrected chi connectivity index (χ1v) is 16.1. The number of nitrogens with zero attached hydrogens (tertiary/aromatic N) is 3. The summed E-state index contributed by atoms with van der Waals surface area (Å²) in [6.45, 7) is 3.94. The molecule has 242 valence electrons. The van der Waals surface area contributed by atoms with E-state index in [4.69, 9.17) is 18.9 Å². The van der Waals surface area contributed by atoms with Crippen LogP contribution in [0.25, 0.3) is 11.0 Å². The Hall–Kier alpha value is -4.49. The number of aromatic nitrogens is 2. The van der Waals surface area contributed by atoms with Crippen LogP contribution in [-0.4, -0.2) is 69.4 Å². The number of imidazole rings is 1. The molecule has 12 nitrogen and oxygen atoms in total. The molecule has 0 saturated carbocycles. The molecule has 0 aliphatic heterocycles. The largest absolute Gasteiger partial charge is 0.493 e. The molecule has 45 heavy (non-hydrogen) atoms. The number of ether oxygens (including phenoxy) is 4. The monoisotopic (exact) mass is 640 g/mol. The normalized spacial score (nSPS) is 11.5. The van der Waals surface area contributed by atoms with Crippen LogP contribution in [0, 0.1) is 0 Å². The molecule has 1 aromatic heterocycles. The van der Waals surface area contributed by atoms with E-state index in [1.165, 1.54) is 46.6 Å². The van der Waals surface area contributed by atoms with Gasteiger partial charge in [-0.05, 0) is 64.2 Å². The molecule has 1 N–H and O–H groups in total. The summed E-state index contributed by atoms with van der Waals surface area (Å²) < 4.78 is 55.5. The molecule has 1 heterocycles. The minimum absolute atomic E-state index is 0.0795. The van der Waals surface area contributed by atoms with E-state index in [0.29, 0.717) is 41.5 Å². The minimum atomic E-state index is -4.21. The number of unbranched alkanes of at least 4 members (excludes halogenated alkanes) is 1. The SMILES string of the molecule is CCCOc1cc(OCCCCN(C)C)cc(Oc2cc3c(cc2NS(=O)(=O)c2cccc(C(=O)OC)c2)n(C)c(=O)n3C)c1. The summed E-state index contributed by atoms with van der Waals surface area (Å²) in [7, 11) is 4.27. The summed E-state index contributed by atoms with van der Waals surface area (Å²) in [5.74, 6) is 0.893. The Balaban J connectivity index is 1.73. The molecule has 0 radical (unpaired) electrons. The fourth-order valence-electron chi connectivity index (χ4n) is 4.64. The van der Waals surface area contributed by atoms with Gasteiger partial charge < -0.3 is 23.8 Å². The lowest BCUT2D eigenvalue weighted by molar-refractivity contribution is 0.0600. The predicted octanol–water partition coefficient (Wildman–Crippen LogP) is 4.77. The van der Waals surface area contributed by atoms with Gasteiger partial charge in [-0.3, -0.25) is 13.9 Å². The van der Waals surface area contributed by atoms with Crippen molar-refractivity contribution in [3.05, 3.63) is 70.6 Å². The molecule has 0 unspecified atom stereocenters. The zero-order valence-electron chi connectivity index (χ0n) is 26.5. The Morgan fingerprint density at radius 2 is 1.53 bits per heavy atom. The highest BCUT2D eigenvalue weighted by Gasteiger charge is 2.22. The smallest absolute Gasteiger partial charge is 0.337 e. The maximum Gasteiger partial charge on any atom is 0.337 e. The first-order valence-electron chi connectivity index (χ1n) is 14.6. The molecule has 3 aromatic carbocycles. The van der Waals surface area contributed by atoms with Gasteiger partial charge in [0.2, 0.25) is 0 Å². The number of nitrogens with one attached hydrogen (secondary N) is 1. The van der Waals surface area contributed by atoms with Gasteiger partial charge in [-0.25, -0.2) is 18.0 Å². The molecule has 0 bridgehead atoms. The molecule has 4 rings (SSSR count).